The van der Waals surface area contributed by atoms with Gasteiger partial charge in [0.05, 0.1) is 12.3 Å². The van der Waals surface area contributed by atoms with Crippen molar-refractivity contribution in [2.45, 2.75) is 38.3 Å². The van der Waals surface area contributed by atoms with Crippen LogP contribution in [0, 0.1) is 0 Å². The Kier molecular flexibility index (Phi) is 3.35. The summed E-state index contributed by atoms with van der Waals surface area (Å²) in [7, 11) is 0. The predicted molar refractivity (Wildman–Crippen MR) is 69.4 cm³/mol. The quantitative estimate of drug-likeness (QED) is 0.914. The lowest BCUT2D eigenvalue weighted by molar-refractivity contribution is -0.122. The van der Waals surface area contributed by atoms with E-state index in [-0.39, 0.29) is 11.9 Å². The van der Waals surface area contributed by atoms with Gasteiger partial charge in [0.15, 0.2) is 0 Å². The molecule has 100 valence electrons. The van der Waals surface area contributed by atoms with E-state index in [1.54, 1.807) is 17.1 Å². The number of rotatable bonds is 4. The van der Waals surface area contributed by atoms with Crippen molar-refractivity contribution in [1.82, 2.24) is 15.1 Å². The van der Waals surface area contributed by atoms with E-state index in [4.69, 9.17) is 4.42 Å². The molecule has 0 fully saturated rings. The Bertz CT molecular complexity index is 545. The Morgan fingerprint density at radius 3 is 3.37 bits per heavy atom. The minimum Gasteiger partial charge on any atom is -0.469 e. The highest BCUT2D eigenvalue weighted by Gasteiger charge is 2.23. The summed E-state index contributed by atoms with van der Waals surface area (Å²) in [4.78, 5) is 12.0. The van der Waals surface area contributed by atoms with Crippen LogP contribution in [0.3, 0.4) is 0 Å². The monoisotopic (exact) mass is 259 g/mol. The lowest BCUT2D eigenvalue weighted by atomic mass is 9.93. The topological polar surface area (TPSA) is 60.1 Å². The molecule has 1 N–H and O–H groups in total. The van der Waals surface area contributed by atoms with Gasteiger partial charge in [0.25, 0.3) is 0 Å². The van der Waals surface area contributed by atoms with Crippen molar-refractivity contribution in [3.8, 4) is 0 Å². The summed E-state index contributed by atoms with van der Waals surface area (Å²) in [5.41, 5.74) is 1.14. The molecule has 0 aliphatic heterocycles. The maximum absolute atomic E-state index is 12.0. The summed E-state index contributed by atoms with van der Waals surface area (Å²) < 4.78 is 7.19. The molecule has 5 nitrogen and oxygen atoms in total. The maximum atomic E-state index is 12.0. The first-order valence-electron chi connectivity index (χ1n) is 6.66. The molecule has 5 heteroatoms. The number of aromatic nitrogens is 2. The highest BCUT2D eigenvalue weighted by Crippen LogP contribution is 2.30. The molecule has 1 aliphatic carbocycles. The number of carbonyl (C=O) groups is 1. The Hall–Kier alpha value is -2.04. The molecular formula is C14H17N3O2. The number of aryl methyl sites for hydroxylation is 2. The van der Waals surface area contributed by atoms with Crippen LogP contribution >= 0.6 is 0 Å². The van der Waals surface area contributed by atoms with Crippen molar-refractivity contribution in [3.05, 3.63) is 42.1 Å². The third kappa shape index (κ3) is 2.70. The summed E-state index contributed by atoms with van der Waals surface area (Å²) in [5.74, 6) is 1.08. The first-order chi connectivity index (χ1) is 9.33. The molecule has 0 saturated carbocycles. The van der Waals surface area contributed by atoms with E-state index in [2.05, 4.69) is 10.4 Å². The molecule has 0 spiro atoms. The molecule has 2 heterocycles. The number of nitrogens with one attached hydrogen (secondary N) is 1. The number of hydrogen-bond acceptors (Lipinski definition) is 3. The minimum absolute atomic E-state index is 0.0644. The van der Waals surface area contributed by atoms with Crippen LogP contribution in [0.25, 0.3) is 0 Å². The van der Waals surface area contributed by atoms with Gasteiger partial charge >= 0.3 is 0 Å². The van der Waals surface area contributed by atoms with E-state index in [0.29, 0.717) is 13.0 Å². The average Bonchev–Trinajstić information content (AvgIpc) is 3.08. The molecular weight excluding hydrogens is 242 g/mol. The van der Waals surface area contributed by atoms with Gasteiger partial charge in [-0.15, -0.1) is 0 Å². The van der Waals surface area contributed by atoms with E-state index in [9.17, 15) is 4.79 Å². The summed E-state index contributed by atoms with van der Waals surface area (Å²) >= 11 is 0. The van der Waals surface area contributed by atoms with Crippen molar-refractivity contribution in [2.24, 2.45) is 0 Å². The SMILES string of the molecule is O=C(CCn1cccn1)NC1CCCc2occc21. The molecule has 1 unspecified atom stereocenters. The van der Waals surface area contributed by atoms with Crippen LogP contribution in [0.4, 0.5) is 0 Å². The van der Waals surface area contributed by atoms with Gasteiger partial charge in [0.2, 0.25) is 5.91 Å². The highest BCUT2D eigenvalue weighted by atomic mass is 16.3. The lowest BCUT2D eigenvalue weighted by Gasteiger charge is -2.22. The summed E-state index contributed by atoms with van der Waals surface area (Å²) in [6.45, 7) is 0.615. The number of furan rings is 1. The van der Waals surface area contributed by atoms with Crippen LogP contribution in [0.5, 0.6) is 0 Å². The van der Waals surface area contributed by atoms with Gasteiger partial charge in [-0.1, -0.05) is 0 Å². The third-order valence-corrected chi connectivity index (χ3v) is 3.51. The zero-order chi connectivity index (χ0) is 13.1. The van der Waals surface area contributed by atoms with Crippen LogP contribution in [0.15, 0.2) is 35.2 Å². The van der Waals surface area contributed by atoms with E-state index in [1.165, 1.54) is 0 Å². The molecule has 1 atom stereocenters. The molecule has 0 aromatic carbocycles. The standard InChI is InChI=1S/C14H17N3O2/c18-14(5-9-17-8-2-7-15-17)16-12-3-1-4-13-11(12)6-10-19-13/h2,6-8,10,12H,1,3-5,9H2,(H,16,18). The van der Waals surface area contributed by atoms with Crippen molar-refractivity contribution in [1.29, 1.82) is 0 Å². The Morgan fingerprint density at radius 1 is 1.58 bits per heavy atom. The second-order valence-electron chi connectivity index (χ2n) is 4.83. The summed E-state index contributed by atoms with van der Waals surface area (Å²) in [6, 6.07) is 3.93. The lowest BCUT2D eigenvalue weighted by Crippen LogP contribution is -2.31. The predicted octanol–water partition coefficient (Wildman–Crippen LogP) is 2.06. The number of hydrogen-bond donors (Lipinski definition) is 1. The van der Waals surface area contributed by atoms with Gasteiger partial charge in [-0.25, -0.2) is 0 Å². The van der Waals surface area contributed by atoms with Gasteiger partial charge in [0, 0.05) is 37.3 Å². The van der Waals surface area contributed by atoms with Crippen LogP contribution in [0.2, 0.25) is 0 Å². The molecule has 2 aromatic rings. The number of nitrogens with zero attached hydrogens (tertiary/aromatic N) is 2. The fourth-order valence-corrected chi connectivity index (χ4v) is 2.55. The van der Waals surface area contributed by atoms with Crippen LogP contribution in [0.1, 0.15) is 36.6 Å². The molecule has 2 aromatic heterocycles. The Balaban J connectivity index is 1.56. The minimum atomic E-state index is 0.0644. The first-order valence-corrected chi connectivity index (χ1v) is 6.66. The summed E-state index contributed by atoms with van der Waals surface area (Å²) in [6.07, 6.45) is 8.76. The molecule has 0 bridgehead atoms. The number of carbonyl (C=O) groups excluding carboxylic acids is 1. The molecule has 1 amide bonds. The molecule has 1 aliphatic rings. The van der Waals surface area contributed by atoms with Gasteiger partial charge < -0.3 is 9.73 Å². The van der Waals surface area contributed by atoms with Crippen LogP contribution in [-0.2, 0) is 17.8 Å². The number of amides is 1. The van der Waals surface area contributed by atoms with Gasteiger partial charge in [0.1, 0.15) is 5.76 Å². The highest BCUT2D eigenvalue weighted by molar-refractivity contribution is 5.76. The average molecular weight is 259 g/mol. The smallest absolute Gasteiger partial charge is 0.222 e. The van der Waals surface area contributed by atoms with E-state index >= 15 is 0 Å². The maximum Gasteiger partial charge on any atom is 0.222 e. The zero-order valence-corrected chi connectivity index (χ0v) is 10.7. The first kappa shape index (κ1) is 12.0. The molecule has 0 saturated heterocycles. The largest absolute Gasteiger partial charge is 0.469 e. The van der Waals surface area contributed by atoms with Crippen LogP contribution < -0.4 is 5.32 Å². The summed E-state index contributed by atoms with van der Waals surface area (Å²) in [5, 5.41) is 7.17. The fraction of sp³-hybridized carbons (Fsp3) is 0.429. The number of fused-ring (bicyclic) bond motifs is 1. The van der Waals surface area contributed by atoms with Crippen molar-refractivity contribution >= 4 is 5.91 Å². The van der Waals surface area contributed by atoms with Crippen molar-refractivity contribution < 1.29 is 9.21 Å². The second-order valence-corrected chi connectivity index (χ2v) is 4.83. The van der Waals surface area contributed by atoms with Crippen molar-refractivity contribution in [3.63, 3.8) is 0 Å². The van der Waals surface area contributed by atoms with Gasteiger partial charge in [-0.05, 0) is 25.0 Å². The van der Waals surface area contributed by atoms with E-state index < -0.39 is 0 Å². The molecule has 19 heavy (non-hydrogen) atoms. The second kappa shape index (κ2) is 5.30. The molecule has 0 radical (unpaired) electrons. The zero-order valence-electron chi connectivity index (χ0n) is 10.7. The third-order valence-electron chi connectivity index (χ3n) is 3.51. The van der Waals surface area contributed by atoms with Gasteiger partial charge in [-0.3, -0.25) is 9.48 Å². The Labute approximate surface area is 111 Å². The Morgan fingerprint density at radius 2 is 2.53 bits per heavy atom. The van der Waals surface area contributed by atoms with Crippen molar-refractivity contribution in [2.75, 3.05) is 0 Å². The normalized spacial score (nSPS) is 18.0. The van der Waals surface area contributed by atoms with Crippen LogP contribution in [-0.4, -0.2) is 15.7 Å². The van der Waals surface area contributed by atoms with Gasteiger partial charge in [-0.2, -0.15) is 5.10 Å². The van der Waals surface area contributed by atoms with E-state index in [0.717, 1.165) is 30.6 Å². The fourth-order valence-electron chi connectivity index (χ4n) is 2.55. The molecule has 3 rings (SSSR count). The van der Waals surface area contributed by atoms with E-state index in [1.807, 2.05) is 18.3 Å².